The normalized spacial score (nSPS) is 10.6. The number of nitro benzene ring substituents is 1. The minimum Gasteiger partial charge on any atom is -0.477 e. The van der Waals surface area contributed by atoms with Crippen LogP contribution in [0, 0.1) is 17.0 Å². The molecule has 0 unspecified atom stereocenters. The Balaban J connectivity index is 1.50. The number of benzene rings is 3. The average molecular weight is 468 g/mol. The minimum atomic E-state index is -0.591. The third-order valence-electron chi connectivity index (χ3n) is 4.26. The second-order valence-electron chi connectivity index (χ2n) is 6.75. The summed E-state index contributed by atoms with van der Waals surface area (Å²) in [5.74, 6) is -0.865. The van der Waals surface area contributed by atoms with E-state index in [9.17, 15) is 19.7 Å². The number of hydrogen-bond donors (Lipinski definition) is 1. The van der Waals surface area contributed by atoms with E-state index >= 15 is 0 Å². The standard InChI is InChI=1S/C23H18ClN3O6/c1-15-6-11-21(20(12-15)27(30)31)32-14-22(28)26-25-13-16-7-9-17(10-8-16)33-23(29)18-4-2-3-5-19(18)24/h2-13H,14H2,1H3,(H,26,28)/b25-13+. The number of nitrogens with one attached hydrogen (secondary N) is 1. The number of nitro groups is 1. The fraction of sp³-hybridized carbons (Fsp3) is 0.0870. The topological polar surface area (TPSA) is 120 Å². The van der Waals surface area contributed by atoms with Crippen LogP contribution in [0.5, 0.6) is 11.5 Å². The van der Waals surface area contributed by atoms with Crippen molar-refractivity contribution < 1.29 is 24.0 Å². The number of ether oxygens (including phenoxy) is 2. The van der Waals surface area contributed by atoms with E-state index in [0.717, 1.165) is 0 Å². The van der Waals surface area contributed by atoms with Crippen LogP contribution in [0.15, 0.2) is 71.8 Å². The Kier molecular flexibility index (Phi) is 7.72. The maximum Gasteiger partial charge on any atom is 0.345 e. The molecular formula is C23H18ClN3O6. The van der Waals surface area contributed by atoms with E-state index < -0.39 is 23.4 Å². The third-order valence-corrected chi connectivity index (χ3v) is 4.59. The van der Waals surface area contributed by atoms with Gasteiger partial charge in [-0.15, -0.1) is 0 Å². The number of carbonyl (C=O) groups excluding carboxylic acids is 2. The predicted octanol–water partition coefficient (Wildman–Crippen LogP) is 4.30. The number of aryl methyl sites for hydroxylation is 1. The molecule has 3 aromatic carbocycles. The van der Waals surface area contributed by atoms with Crippen LogP contribution in [-0.2, 0) is 4.79 Å². The van der Waals surface area contributed by atoms with E-state index in [1.807, 2.05) is 0 Å². The Morgan fingerprint density at radius 1 is 1.12 bits per heavy atom. The molecule has 1 amide bonds. The highest BCUT2D eigenvalue weighted by atomic mass is 35.5. The molecule has 0 atom stereocenters. The van der Waals surface area contributed by atoms with Gasteiger partial charge in [0.15, 0.2) is 12.4 Å². The molecule has 0 radical (unpaired) electrons. The Labute approximate surface area is 193 Å². The van der Waals surface area contributed by atoms with Gasteiger partial charge >= 0.3 is 11.7 Å². The molecule has 0 fully saturated rings. The smallest absolute Gasteiger partial charge is 0.345 e. The molecule has 10 heteroatoms. The summed E-state index contributed by atoms with van der Waals surface area (Å²) in [5, 5.41) is 15.2. The van der Waals surface area contributed by atoms with Crippen LogP contribution >= 0.6 is 11.6 Å². The number of esters is 1. The average Bonchev–Trinajstić information content (AvgIpc) is 2.79. The molecule has 0 aromatic heterocycles. The Bertz CT molecular complexity index is 1210. The van der Waals surface area contributed by atoms with Gasteiger partial charge in [0.25, 0.3) is 5.91 Å². The number of hydrazone groups is 1. The van der Waals surface area contributed by atoms with Crippen molar-refractivity contribution in [3.63, 3.8) is 0 Å². The summed E-state index contributed by atoms with van der Waals surface area (Å²) in [6.07, 6.45) is 1.38. The molecule has 0 spiro atoms. The molecule has 33 heavy (non-hydrogen) atoms. The van der Waals surface area contributed by atoms with Gasteiger partial charge in [0.1, 0.15) is 5.75 Å². The fourth-order valence-electron chi connectivity index (χ4n) is 2.66. The first-order chi connectivity index (χ1) is 15.8. The van der Waals surface area contributed by atoms with Crippen LogP contribution in [0.1, 0.15) is 21.5 Å². The van der Waals surface area contributed by atoms with Crippen molar-refractivity contribution in [3.8, 4) is 11.5 Å². The molecule has 1 N–H and O–H groups in total. The van der Waals surface area contributed by atoms with Gasteiger partial charge in [-0.3, -0.25) is 14.9 Å². The number of carbonyl (C=O) groups is 2. The molecule has 0 aliphatic rings. The molecule has 3 aromatic rings. The van der Waals surface area contributed by atoms with Crippen molar-refractivity contribution in [2.75, 3.05) is 6.61 Å². The van der Waals surface area contributed by atoms with E-state index in [1.54, 1.807) is 61.5 Å². The van der Waals surface area contributed by atoms with Crippen LogP contribution in [-0.4, -0.2) is 29.6 Å². The first-order valence-corrected chi connectivity index (χ1v) is 9.98. The zero-order valence-corrected chi connectivity index (χ0v) is 18.1. The summed E-state index contributed by atoms with van der Waals surface area (Å²) < 4.78 is 10.5. The van der Waals surface area contributed by atoms with Gasteiger partial charge in [0.05, 0.1) is 21.7 Å². The van der Waals surface area contributed by atoms with Gasteiger partial charge < -0.3 is 9.47 Å². The molecule has 0 aliphatic carbocycles. The van der Waals surface area contributed by atoms with Gasteiger partial charge in [-0.25, -0.2) is 10.2 Å². The highest BCUT2D eigenvalue weighted by molar-refractivity contribution is 6.33. The Morgan fingerprint density at radius 3 is 2.55 bits per heavy atom. The summed E-state index contributed by atoms with van der Waals surface area (Å²) in [6, 6.07) is 17.4. The Hall–Kier alpha value is -4.24. The van der Waals surface area contributed by atoms with Crippen molar-refractivity contribution in [2.45, 2.75) is 6.92 Å². The van der Waals surface area contributed by atoms with E-state index in [-0.39, 0.29) is 17.0 Å². The largest absolute Gasteiger partial charge is 0.477 e. The van der Waals surface area contributed by atoms with Crippen molar-refractivity contribution in [1.82, 2.24) is 5.43 Å². The van der Waals surface area contributed by atoms with Gasteiger partial charge in [-0.2, -0.15) is 5.10 Å². The SMILES string of the molecule is Cc1ccc(OCC(=O)N/N=C/c2ccc(OC(=O)c3ccccc3Cl)cc2)c([N+](=O)[O-])c1. The van der Waals surface area contributed by atoms with E-state index in [2.05, 4.69) is 10.5 Å². The lowest BCUT2D eigenvalue weighted by Crippen LogP contribution is -2.24. The summed E-state index contributed by atoms with van der Waals surface area (Å²) in [7, 11) is 0. The molecule has 168 valence electrons. The van der Waals surface area contributed by atoms with Crippen LogP contribution in [0.4, 0.5) is 5.69 Å². The van der Waals surface area contributed by atoms with Crippen molar-refractivity contribution >= 4 is 35.4 Å². The highest BCUT2D eigenvalue weighted by Gasteiger charge is 2.16. The maximum atomic E-state index is 12.2. The van der Waals surface area contributed by atoms with Gasteiger partial charge in [0.2, 0.25) is 0 Å². The molecule has 0 saturated carbocycles. The van der Waals surface area contributed by atoms with E-state index in [4.69, 9.17) is 21.1 Å². The maximum absolute atomic E-state index is 12.2. The third kappa shape index (κ3) is 6.62. The van der Waals surface area contributed by atoms with Crippen LogP contribution in [0.2, 0.25) is 5.02 Å². The van der Waals surface area contributed by atoms with Crippen molar-refractivity contribution in [3.05, 3.63) is 98.6 Å². The number of hydrogen-bond acceptors (Lipinski definition) is 7. The van der Waals surface area contributed by atoms with Gasteiger partial charge in [-0.1, -0.05) is 29.8 Å². The monoisotopic (exact) mass is 467 g/mol. The predicted molar refractivity (Wildman–Crippen MR) is 122 cm³/mol. The van der Waals surface area contributed by atoms with Crippen LogP contribution in [0.25, 0.3) is 0 Å². The molecule has 0 heterocycles. The number of rotatable bonds is 8. The minimum absolute atomic E-state index is 0.00773. The van der Waals surface area contributed by atoms with Gasteiger partial charge in [-0.05, 0) is 60.5 Å². The first-order valence-electron chi connectivity index (χ1n) is 9.60. The molecule has 9 nitrogen and oxygen atoms in total. The lowest BCUT2D eigenvalue weighted by atomic mass is 10.2. The first kappa shape index (κ1) is 23.4. The van der Waals surface area contributed by atoms with E-state index in [1.165, 1.54) is 18.3 Å². The van der Waals surface area contributed by atoms with Crippen molar-refractivity contribution in [2.24, 2.45) is 5.10 Å². The molecule has 0 bridgehead atoms. The fourth-order valence-corrected chi connectivity index (χ4v) is 2.87. The molecule has 3 rings (SSSR count). The van der Waals surface area contributed by atoms with Crippen molar-refractivity contribution in [1.29, 1.82) is 0 Å². The lowest BCUT2D eigenvalue weighted by molar-refractivity contribution is -0.385. The number of amides is 1. The Morgan fingerprint density at radius 2 is 1.85 bits per heavy atom. The van der Waals surface area contributed by atoms with Gasteiger partial charge in [0, 0.05) is 6.07 Å². The second-order valence-corrected chi connectivity index (χ2v) is 7.16. The molecule has 0 aliphatic heterocycles. The number of nitrogens with zero attached hydrogens (tertiary/aromatic N) is 2. The molecule has 0 saturated heterocycles. The summed E-state index contributed by atoms with van der Waals surface area (Å²) in [4.78, 5) is 34.6. The highest BCUT2D eigenvalue weighted by Crippen LogP contribution is 2.27. The summed E-state index contributed by atoms with van der Waals surface area (Å²) >= 11 is 5.99. The molecular weight excluding hydrogens is 450 g/mol. The number of halogens is 1. The lowest BCUT2D eigenvalue weighted by Gasteiger charge is -2.06. The summed E-state index contributed by atoms with van der Waals surface area (Å²) in [5.41, 5.74) is 3.64. The van der Waals surface area contributed by atoms with Crippen LogP contribution in [0.3, 0.4) is 0 Å². The zero-order valence-electron chi connectivity index (χ0n) is 17.4. The van der Waals surface area contributed by atoms with Crippen LogP contribution < -0.4 is 14.9 Å². The summed E-state index contributed by atoms with van der Waals surface area (Å²) in [6.45, 7) is 1.27. The van der Waals surface area contributed by atoms with E-state index in [0.29, 0.717) is 21.9 Å². The second kappa shape index (κ2) is 10.9. The quantitative estimate of drug-likeness (QED) is 0.173. The zero-order chi connectivity index (χ0) is 23.8.